The molecule has 8 heavy (non-hydrogen) atoms. The zero-order valence-electron chi connectivity index (χ0n) is 5.05. The molecule has 1 nitrogen and oxygen atoms in total. The van der Waals surface area contributed by atoms with Gasteiger partial charge in [0.1, 0.15) is 6.29 Å². The first-order valence-corrected chi connectivity index (χ1v) is 2.42. The minimum atomic E-state index is -0.528. The van der Waals surface area contributed by atoms with Crippen molar-refractivity contribution < 1.29 is 4.79 Å². The second-order valence-corrected chi connectivity index (χ2v) is 1.89. The van der Waals surface area contributed by atoms with Crippen molar-refractivity contribution in [3.8, 4) is 0 Å². The third-order valence-electron chi connectivity index (χ3n) is 1.13. The molecule has 0 aliphatic heterocycles. The van der Waals surface area contributed by atoms with Crippen LogP contribution in [0.2, 0.25) is 0 Å². The zero-order valence-corrected chi connectivity index (χ0v) is 5.05. The van der Waals surface area contributed by atoms with E-state index >= 15 is 0 Å². The Kier molecular flexibility index (Phi) is 2.19. The molecule has 0 N–H and O–H groups in total. The van der Waals surface area contributed by atoms with Crippen LogP contribution < -0.4 is 0 Å². The van der Waals surface area contributed by atoms with Gasteiger partial charge in [-0.3, -0.25) is 0 Å². The minimum absolute atomic E-state index is 0.528. The maximum Gasteiger partial charge on any atom is 0.133 e. The van der Waals surface area contributed by atoms with Gasteiger partial charge in [-0.1, -0.05) is 12.2 Å². The Bertz CT molecular complexity index is 91.8. The molecule has 0 fully saturated rings. The topological polar surface area (TPSA) is 17.1 Å². The highest BCUT2D eigenvalue weighted by atomic mass is 16.1. The molecular weight excluding hydrogens is 100 g/mol. The molecular formula is C7H10O. The summed E-state index contributed by atoms with van der Waals surface area (Å²) in [6.45, 7) is 8.69. The average Bonchev–Trinajstić information content (AvgIpc) is 1.87. The third-order valence-corrected chi connectivity index (χ3v) is 1.13. The highest BCUT2D eigenvalue weighted by molar-refractivity contribution is 5.64. The fraction of sp³-hybridized carbons (Fsp3) is 0.286. The summed E-state index contributed by atoms with van der Waals surface area (Å²) in [4.78, 5) is 10.1. The van der Waals surface area contributed by atoms with Crippen LogP contribution in [0.5, 0.6) is 0 Å². The number of carbonyl (C=O) groups is 1. The van der Waals surface area contributed by atoms with Crippen LogP contribution in [-0.2, 0) is 4.79 Å². The van der Waals surface area contributed by atoms with Crippen molar-refractivity contribution in [1.29, 1.82) is 0 Å². The number of rotatable bonds is 3. The Morgan fingerprint density at radius 1 is 1.38 bits per heavy atom. The summed E-state index contributed by atoms with van der Waals surface area (Å²) in [5, 5.41) is 0. The Morgan fingerprint density at radius 3 is 1.75 bits per heavy atom. The highest BCUT2D eigenvalue weighted by Gasteiger charge is 2.11. The van der Waals surface area contributed by atoms with E-state index < -0.39 is 5.41 Å². The first kappa shape index (κ1) is 7.15. The van der Waals surface area contributed by atoms with Crippen LogP contribution in [0.1, 0.15) is 6.92 Å². The molecule has 44 valence electrons. The molecule has 0 rings (SSSR count). The van der Waals surface area contributed by atoms with Crippen LogP contribution in [-0.4, -0.2) is 6.29 Å². The smallest absolute Gasteiger partial charge is 0.133 e. The van der Waals surface area contributed by atoms with E-state index in [1.54, 1.807) is 19.1 Å². The van der Waals surface area contributed by atoms with Crippen molar-refractivity contribution in [2.75, 3.05) is 0 Å². The predicted octanol–water partition coefficient (Wildman–Crippen LogP) is 1.56. The van der Waals surface area contributed by atoms with Gasteiger partial charge in [-0.2, -0.15) is 0 Å². The zero-order chi connectivity index (χ0) is 6.62. The number of hydrogen-bond donors (Lipinski definition) is 0. The molecule has 0 aliphatic rings. The van der Waals surface area contributed by atoms with Gasteiger partial charge in [-0.15, -0.1) is 13.2 Å². The number of carbonyl (C=O) groups excluding carboxylic acids is 1. The molecule has 0 aromatic heterocycles. The normalized spacial score (nSPS) is 10.1. The van der Waals surface area contributed by atoms with Gasteiger partial charge < -0.3 is 4.79 Å². The standard InChI is InChI=1S/C7H10O/c1-4-7(3,5-2)6-8/h4-6H,1-2H2,3H3. The summed E-state index contributed by atoms with van der Waals surface area (Å²) in [7, 11) is 0. The highest BCUT2D eigenvalue weighted by Crippen LogP contribution is 2.13. The molecule has 0 heterocycles. The van der Waals surface area contributed by atoms with Gasteiger partial charge in [-0.25, -0.2) is 0 Å². The van der Waals surface area contributed by atoms with E-state index in [9.17, 15) is 4.79 Å². The predicted molar refractivity (Wildman–Crippen MR) is 34.6 cm³/mol. The van der Waals surface area contributed by atoms with Gasteiger partial charge in [0, 0.05) is 0 Å². The van der Waals surface area contributed by atoms with Gasteiger partial charge in [-0.05, 0) is 6.92 Å². The molecule has 0 saturated carbocycles. The van der Waals surface area contributed by atoms with Gasteiger partial charge in [0.05, 0.1) is 5.41 Å². The minimum Gasteiger partial charge on any atom is -0.302 e. The molecule has 0 aromatic carbocycles. The van der Waals surface area contributed by atoms with Crippen molar-refractivity contribution in [3.05, 3.63) is 25.3 Å². The van der Waals surface area contributed by atoms with E-state index in [0.717, 1.165) is 6.29 Å². The van der Waals surface area contributed by atoms with Crippen molar-refractivity contribution in [2.45, 2.75) is 6.92 Å². The summed E-state index contributed by atoms with van der Waals surface area (Å²) >= 11 is 0. The lowest BCUT2D eigenvalue weighted by Gasteiger charge is -2.08. The van der Waals surface area contributed by atoms with Crippen LogP contribution >= 0.6 is 0 Å². The van der Waals surface area contributed by atoms with E-state index in [1.807, 2.05) is 0 Å². The lowest BCUT2D eigenvalue weighted by atomic mass is 9.94. The van der Waals surface area contributed by atoms with E-state index in [2.05, 4.69) is 13.2 Å². The van der Waals surface area contributed by atoms with Crippen molar-refractivity contribution in [2.24, 2.45) is 5.41 Å². The molecule has 0 atom stereocenters. The Labute approximate surface area is 49.7 Å². The monoisotopic (exact) mass is 110 g/mol. The van der Waals surface area contributed by atoms with Gasteiger partial charge in [0.15, 0.2) is 0 Å². The quantitative estimate of drug-likeness (QED) is 0.398. The molecule has 0 amide bonds. The molecule has 0 aromatic rings. The van der Waals surface area contributed by atoms with Crippen molar-refractivity contribution in [3.63, 3.8) is 0 Å². The fourth-order valence-electron chi connectivity index (χ4n) is 0.180. The van der Waals surface area contributed by atoms with Crippen molar-refractivity contribution >= 4 is 6.29 Å². The Balaban J connectivity index is 4.18. The number of aldehydes is 1. The maximum atomic E-state index is 10.1. The number of allylic oxidation sites excluding steroid dienone is 2. The SMILES string of the molecule is C=CC(C)(C=C)C=O. The molecule has 0 spiro atoms. The van der Waals surface area contributed by atoms with E-state index in [4.69, 9.17) is 0 Å². The van der Waals surface area contributed by atoms with Gasteiger partial charge in [0.25, 0.3) is 0 Å². The largest absolute Gasteiger partial charge is 0.302 e. The van der Waals surface area contributed by atoms with Crippen LogP contribution in [0.25, 0.3) is 0 Å². The Hall–Kier alpha value is -0.850. The summed E-state index contributed by atoms with van der Waals surface area (Å²) in [6.07, 6.45) is 3.94. The summed E-state index contributed by atoms with van der Waals surface area (Å²) in [5.74, 6) is 0. The Morgan fingerprint density at radius 2 is 1.75 bits per heavy atom. The molecule has 0 aliphatic carbocycles. The van der Waals surface area contributed by atoms with Crippen LogP contribution in [0.4, 0.5) is 0 Å². The second-order valence-electron chi connectivity index (χ2n) is 1.89. The lowest BCUT2D eigenvalue weighted by molar-refractivity contribution is -0.111. The van der Waals surface area contributed by atoms with Gasteiger partial charge >= 0.3 is 0 Å². The van der Waals surface area contributed by atoms with Gasteiger partial charge in [0.2, 0.25) is 0 Å². The summed E-state index contributed by atoms with van der Waals surface area (Å²) in [6, 6.07) is 0. The molecule has 0 saturated heterocycles. The van der Waals surface area contributed by atoms with Crippen LogP contribution in [0.15, 0.2) is 25.3 Å². The number of hydrogen-bond acceptors (Lipinski definition) is 1. The summed E-state index contributed by atoms with van der Waals surface area (Å²) < 4.78 is 0. The van der Waals surface area contributed by atoms with E-state index in [0.29, 0.717) is 0 Å². The first-order valence-electron chi connectivity index (χ1n) is 2.42. The average molecular weight is 110 g/mol. The first-order chi connectivity index (χ1) is 3.68. The molecule has 1 heteroatoms. The third kappa shape index (κ3) is 1.34. The van der Waals surface area contributed by atoms with Crippen LogP contribution in [0, 0.1) is 5.41 Å². The molecule has 0 bridgehead atoms. The van der Waals surface area contributed by atoms with Crippen molar-refractivity contribution in [1.82, 2.24) is 0 Å². The van der Waals surface area contributed by atoms with Crippen LogP contribution in [0.3, 0.4) is 0 Å². The van der Waals surface area contributed by atoms with E-state index in [1.165, 1.54) is 0 Å². The second kappa shape index (κ2) is 2.46. The lowest BCUT2D eigenvalue weighted by Crippen LogP contribution is -2.08. The maximum absolute atomic E-state index is 10.1. The summed E-state index contributed by atoms with van der Waals surface area (Å²) in [5.41, 5.74) is -0.528. The fourth-order valence-corrected chi connectivity index (χ4v) is 0.180. The molecule has 0 radical (unpaired) electrons. The van der Waals surface area contributed by atoms with E-state index in [-0.39, 0.29) is 0 Å². The molecule has 0 unspecified atom stereocenters.